The van der Waals surface area contributed by atoms with Crippen LogP contribution in [0.1, 0.15) is 19.8 Å². The number of anilines is 1. The number of carboxylic acid groups (broad SMARTS) is 1. The quantitative estimate of drug-likeness (QED) is 0.868. The zero-order valence-corrected chi connectivity index (χ0v) is 12.3. The van der Waals surface area contributed by atoms with E-state index >= 15 is 0 Å². The fourth-order valence-electron chi connectivity index (χ4n) is 3.35. The van der Waals surface area contributed by atoms with Crippen LogP contribution in [-0.2, 0) is 14.3 Å². The molecule has 0 saturated carbocycles. The second kappa shape index (κ2) is 5.96. The summed E-state index contributed by atoms with van der Waals surface area (Å²) in [7, 11) is 0. The minimum absolute atomic E-state index is 0.284. The Bertz CT molecular complexity index is 570. The summed E-state index contributed by atoms with van der Waals surface area (Å²) in [6.07, 6.45) is 0.844. The second-order valence-corrected chi connectivity index (χ2v) is 5.63. The average molecular weight is 305 g/mol. The number of amides is 1. The molecule has 0 radical (unpaired) electrons. The molecule has 2 heterocycles. The number of aliphatic carboxylic acids is 1. The van der Waals surface area contributed by atoms with Crippen LogP contribution in [0.4, 0.5) is 5.69 Å². The van der Waals surface area contributed by atoms with Crippen molar-refractivity contribution in [3.63, 3.8) is 0 Å². The lowest BCUT2D eigenvalue weighted by Crippen LogP contribution is -2.40. The molecule has 6 heteroatoms. The number of benzene rings is 1. The largest absolute Gasteiger partial charge is 0.494 e. The van der Waals surface area contributed by atoms with Crippen LogP contribution in [0.15, 0.2) is 24.3 Å². The molecule has 2 fully saturated rings. The molecule has 2 aliphatic rings. The average Bonchev–Trinajstić information content (AvgIpc) is 3.10. The summed E-state index contributed by atoms with van der Waals surface area (Å²) in [5.41, 5.74) is 0.625. The van der Waals surface area contributed by atoms with Crippen molar-refractivity contribution in [1.29, 1.82) is 0 Å². The van der Waals surface area contributed by atoms with Crippen molar-refractivity contribution in [2.75, 3.05) is 11.9 Å². The van der Waals surface area contributed by atoms with Crippen molar-refractivity contribution in [3.05, 3.63) is 24.3 Å². The predicted octanol–water partition coefficient (Wildman–Crippen LogP) is 1.90. The molecule has 1 aromatic carbocycles. The van der Waals surface area contributed by atoms with Gasteiger partial charge in [-0.1, -0.05) is 0 Å². The molecular weight excluding hydrogens is 286 g/mol. The molecule has 2 saturated heterocycles. The van der Waals surface area contributed by atoms with Gasteiger partial charge in [0.25, 0.3) is 0 Å². The highest BCUT2D eigenvalue weighted by Gasteiger charge is 2.55. The van der Waals surface area contributed by atoms with Crippen molar-refractivity contribution < 1.29 is 24.2 Å². The molecule has 0 aliphatic carbocycles. The maximum absolute atomic E-state index is 12.4. The number of carboxylic acids is 1. The molecule has 2 aliphatic heterocycles. The summed E-state index contributed by atoms with van der Waals surface area (Å²) in [5.74, 6) is -1.89. The van der Waals surface area contributed by atoms with Crippen LogP contribution < -0.4 is 10.1 Å². The van der Waals surface area contributed by atoms with Crippen LogP contribution in [0.5, 0.6) is 5.75 Å². The third-order valence-electron chi connectivity index (χ3n) is 4.29. The van der Waals surface area contributed by atoms with E-state index in [2.05, 4.69) is 5.32 Å². The van der Waals surface area contributed by atoms with Gasteiger partial charge >= 0.3 is 5.97 Å². The molecule has 6 nitrogen and oxygen atoms in total. The van der Waals surface area contributed by atoms with Crippen LogP contribution in [0.25, 0.3) is 0 Å². The Labute approximate surface area is 128 Å². The lowest BCUT2D eigenvalue weighted by molar-refractivity contribution is -0.147. The first-order valence-corrected chi connectivity index (χ1v) is 7.52. The number of nitrogens with one attached hydrogen (secondary N) is 1. The maximum atomic E-state index is 12.4. The number of carbonyl (C=O) groups is 2. The highest BCUT2D eigenvalue weighted by molar-refractivity contribution is 5.96. The van der Waals surface area contributed by atoms with Gasteiger partial charge in [-0.15, -0.1) is 0 Å². The van der Waals surface area contributed by atoms with E-state index in [1.165, 1.54) is 0 Å². The van der Waals surface area contributed by atoms with Crippen molar-refractivity contribution in [3.8, 4) is 5.75 Å². The minimum atomic E-state index is -0.959. The molecule has 1 amide bonds. The first kappa shape index (κ1) is 14.8. The van der Waals surface area contributed by atoms with Gasteiger partial charge in [0.2, 0.25) is 5.91 Å². The molecule has 22 heavy (non-hydrogen) atoms. The first-order valence-electron chi connectivity index (χ1n) is 7.52. The Balaban J connectivity index is 1.69. The van der Waals surface area contributed by atoms with Crippen molar-refractivity contribution >= 4 is 17.6 Å². The third kappa shape index (κ3) is 2.66. The van der Waals surface area contributed by atoms with E-state index in [1.54, 1.807) is 24.3 Å². The fourth-order valence-corrected chi connectivity index (χ4v) is 3.35. The molecular formula is C16H19NO5. The van der Waals surface area contributed by atoms with Crippen LogP contribution in [0.2, 0.25) is 0 Å². The van der Waals surface area contributed by atoms with E-state index in [-0.39, 0.29) is 18.1 Å². The molecule has 3 rings (SSSR count). The normalized spacial score (nSPS) is 29.3. The predicted molar refractivity (Wildman–Crippen MR) is 78.8 cm³/mol. The summed E-state index contributed by atoms with van der Waals surface area (Å²) in [6, 6.07) is 7.02. The van der Waals surface area contributed by atoms with E-state index in [1.807, 2.05) is 6.92 Å². The number of ether oxygens (including phenoxy) is 2. The van der Waals surface area contributed by atoms with Crippen LogP contribution in [0, 0.1) is 11.8 Å². The lowest BCUT2D eigenvalue weighted by Gasteiger charge is -2.23. The van der Waals surface area contributed by atoms with Gasteiger partial charge in [-0.25, -0.2) is 0 Å². The highest BCUT2D eigenvalue weighted by atomic mass is 16.5. The Morgan fingerprint density at radius 2 is 1.86 bits per heavy atom. The molecule has 0 unspecified atom stereocenters. The van der Waals surface area contributed by atoms with Gasteiger partial charge in [-0.05, 0) is 44.0 Å². The number of hydrogen-bond donors (Lipinski definition) is 2. The molecule has 118 valence electrons. The van der Waals surface area contributed by atoms with E-state index in [9.17, 15) is 14.7 Å². The number of carbonyl (C=O) groups excluding carboxylic acids is 1. The van der Waals surface area contributed by atoms with E-state index in [0.717, 1.165) is 12.2 Å². The van der Waals surface area contributed by atoms with Gasteiger partial charge < -0.3 is 19.9 Å². The fraction of sp³-hybridized carbons (Fsp3) is 0.500. The van der Waals surface area contributed by atoms with Crippen molar-refractivity contribution in [2.24, 2.45) is 11.8 Å². The summed E-state index contributed by atoms with van der Waals surface area (Å²) >= 11 is 0. The Kier molecular flexibility index (Phi) is 4.02. The zero-order valence-electron chi connectivity index (χ0n) is 12.3. The molecule has 1 aromatic rings. The summed E-state index contributed by atoms with van der Waals surface area (Å²) in [5, 5.41) is 12.1. The second-order valence-electron chi connectivity index (χ2n) is 5.63. The summed E-state index contributed by atoms with van der Waals surface area (Å²) in [6.45, 7) is 2.48. The lowest BCUT2D eigenvalue weighted by atomic mass is 9.78. The maximum Gasteiger partial charge on any atom is 0.310 e. The van der Waals surface area contributed by atoms with E-state index in [4.69, 9.17) is 9.47 Å². The van der Waals surface area contributed by atoms with Gasteiger partial charge in [-0.2, -0.15) is 0 Å². The van der Waals surface area contributed by atoms with E-state index < -0.39 is 17.8 Å². The van der Waals surface area contributed by atoms with Crippen molar-refractivity contribution in [2.45, 2.75) is 32.0 Å². The molecule has 2 N–H and O–H groups in total. The zero-order chi connectivity index (χ0) is 15.7. The summed E-state index contributed by atoms with van der Waals surface area (Å²) in [4.78, 5) is 23.8. The molecule has 2 bridgehead atoms. The third-order valence-corrected chi connectivity index (χ3v) is 4.29. The minimum Gasteiger partial charge on any atom is -0.494 e. The molecule has 0 aromatic heterocycles. The van der Waals surface area contributed by atoms with Gasteiger partial charge in [0.15, 0.2) is 0 Å². The monoisotopic (exact) mass is 305 g/mol. The Morgan fingerprint density at radius 3 is 2.45 bits per heavy atom. The first-order chi connectivity index (χ1) is 10.6. The number of fused-ring (bicyclic) bond motifs is 2. The van der Waals surface area contributed by atoms with Gasteiger partial charge in [0.05, 0.1) is 30.7 Å². The van der Waals surface area contributed by atoms with Gasteiger partial charge in [0, 0.05) is 5.69 Å². The van der Waals surface area contributed by atoms with Gasteiger partial charge in [-0.3, -0.25) is 9.59 Å². The van der Waals surface area contributed by atoms with E-state index in [0.29, 0.717) is 18.7 Å². The summed E-state index contributed by atoms with van der Waals surface area (Å²) < 4.78 is 11.0. The number of rotatable bonds is 5. The molecule has 0 spiro atoms. The Morgan fingerprint density at radius 1 is 1.23 bits per heavy atom. The number of hydrogen-bond acceptors (Lipinski definition) is 4. The van der Waals surface area contributed by atoms with Crippen LogP contribution in [0.3, 0.4) is 0 Å². The van der Waals surface area contributed by atoms with Gasteiger partial charge in [0.1, 0.15) is 5.75 Å². The van der Waals surface area contributed by atoms with Crippen LogP contribution >= 0.6 is 0 Å². The smallest absolute Gasteiger partial charge is 0.310 e. The topological polar surface area (TPSA) is 84.9 Å². The molecule has 4 atom stereocenters. The van der Waals surface area contributed by atoms with Crippen molar-refractivity contribution in [1.82, 2.24) is 0 Å². The Hall–Kier alpha value is -2.08. The SMILES string of the molecule is CCOc1ccc(NC(=O)[C@@H]2[C@@H](C(=O)O)[C@@H]3CC[C@@H]2O3)cc1. The van der Waals surface area contributed by atoms with Crippen LogP contribution in [-0.4, -0.2) is 35.8 Å². The standard InChI is InChI=1S/C16H19NO5/c1-2-21-10-5-3-9(4-6-10)17-15(18)13-11-7-8-12(22-11)14(13)16(19)20/h3-6,11-14H,2,7-8H2,1H3,(H,17,18)(H,19,20)/t11-,12-,13-,14-/m0/s1. The highest BCUT2D eigenvalue weighted by Crippen LogP contribution is 2.44.